The SMILES string of the molecule is O=C(OCC1c2ccccc2-c2ccccc21)N1CC[C@@H]2NCC(F)(F)[C@@H]21. The van der Waals surface area contributed by atoms with E-state index in [9.17, 15) is 13.6 Å². The van der Waals surface area contributed by atoms with Gasteiger partial charge in [-0.3, -0.25) is 4.90 Å². The number of nitrogens with zero attached hydrogens (tertiary/aromatic N) is 1. The normalized spacial score (nSPS) is 25.2. The lowest BCUT2D eigenvalue weighted by molar-refractivity contribution is -0.0394. The first-order chi connectivity index (χ1) is 13.1. The zero-order chi connectivity index (χ0) is 18.6. The summed E-state index contributed by atoms with van der Waals surface area (Å²) in [5.74, 6) is -2.98. The predicted molar refractivity (Wildman–Crippen MR) is 96.9 cm³/mol. The maximum atomic E-state index is 14.1. The number of ether oxygens (including phenoxy) is 1. The van der Waals surface area contributed by atoms with Gasteiger partial charge in [0.1, 0.15) is 12.6 Å². The van der Waals surface area contributed by atoms with Gasteiger partial charge >= 0.3 is 6.09 Å². The lowest BCUT2D eigenvalue weighted by Crippen LogP contribution is -2.48. The van der Waals surface area contributed by atoms with E-state index in [1.807, 2.05) is 36.4 Å². The first-order valence-electron chi connectivity index (χ1n) is 9.29. The Morgan fingerprint density at radius 3 is 2.41 bits per heavy atom. The topological polar surface area (TPSA) is 41.6 Å². The van der Waals surface area contributed by atoms with Gasteiger partial charge < -0.3 is 10.1 Å². The average molecular weight is 370 g/mol. The maximum Gasteiger partial charge on any atom is 0.410 e. The van der Waals surface area contributed by atoms with Crippen LogP contribution in [0.15, 0.2) is 48.5 Å². The second-order valence-corrected chi connectivity index (χ2v) is 7.48. The van der Waals surface area contributed by atoms with E-state index in [0.29, 0.717) is 13.0 Å². The molecule has 2 fully saturated rings. The Hall–Kier alpha value is -2.47. The van der Waals surface area contributed by atoms with Crippen LogP contribution in [-0.4, -0.2) is 48.7 Å². The number of hydrogen-bond acceptors (Lipinski definition) is 3. The predicted octanol–water partition coefficient (Wildman–Crippen LogP) is 3.62. The molecular weight excluding hydrogens is 350 g/mol. The fourth-order valence-corrected chi connectivity index (χ4v) is 4.78. The van der Waals surface area contributed by atoms with Crippen molar-refractivity contribution in [2.75, 3.05) is 19.7 Å². The van der Waals surface area contributed by atoms with Crippen LogP contribution in [0.2, 0.25) is 0 Å². The van der Waals surface area contributed by atoms with Gasteiger partial charge in [-0.15, -0.1) is 0 Å². The molecule has 2 aromatic rings. The molecule has 0 unspecified atom stereocenters. The minimum atomic E-state index is -2.91. The molecule has 0 radical (unpaired) electrons. The molecule has 4 nitrogen and oxygen atoms in total. The number of benzene rings is 2. The number of alkyl halides is 2. The smallest absolute Gasteiger partial charge is 0.410 e. The highest BCUT2D eigenvalue weighted by molar-refractivity contribution is 5.79. The second-order valence-electron chi connectivity index (χ2n) is 7.48. The summed E-state index contributed by atoms with van der Waals surface area (Å²) in [5, 5.41) is 2.82. The molecule has 1 aliphatic carbocycles. The molecule has 6 heteroatoms. The molecule has 27 heavy (non-hydrogen) atoms. The van der Waals surface area contributed by atoms with E-state index in [1.165, 1.54) is 4.90 Å². The summed E-state index contributed by atoms with van der Waals surface area (Å²) in [4.78, 5) is 13.8. The van der Waals surface area contributed by atoms with Crippen molar-refractivity contribution in [2.45, 2.75) is 30.3 Å². The molecule has 140 valence electrons. The van der Waals surface area contributed by atoms with Crippen molar-refractivity contribution in [3.05, 3.63) is 59.7 Å². The van der Waals surface area contributed by atoms with E-state index >= 15 is 0 Å². The third-order valence-electron chi connectivity index (χ3n) is 6.00. The Labute approximate surface area is 156 Å². The highest BCUT2D eigenvalue weighted by atomic mass is 19.3. The monoisotopic (exact) mass is 370 g/mol. The molecule has 2 atom stereocenters. The Kier molecular flexibility index (Phi) is 3.72. The van der Waals surface area contributed by atoms with Crippen LogP contribution in [0.25, 0.3) is 11.1 Å². The zero-order valence-electron chi connectivity index (χ0n) is 14.7. The van der Waals surface area contributed by atoms with Crippen LogP contribution in [0.3, 0.4) is 0 Å². The molecule has 0 saturated carbocycles. The molecular formula is C21H20F2N2O2. The Bertz CT molecular complexity index is 856. The van der Waals surface area contributed by atoms with Gasteiger partial charge in [-0.25, -0.2) is 13.6 Å². The van der Waals surface area contributed by atoms with Gasteiger partial charge in [0.25, 0.3) is 5.92 Å². The number of fused-ring (bicyclic) bond motifs is 4. The van der Waals surface area contributed by atoms with Crippen LogP contribution in [-0.2, 0) is 4.74 Å². The van der Waals surface area contributed by atoms with E-state index in [0.717, 1.165) is 22.3 Å². The molecule has 1 amide bonds. The molecule has 0 bridgehead atoms. The number of nitrogens with one attached hydrogen (secondary N) is 1. The molecule has 2 aliphatic heterocycles. The quantitative estimate of drug-likeness (QED) is 0.878. The summed E-state index contributed by atoms with van der Waals surface area (Å²) in [5.41, 5.74) is 4.50. The van der Waals surface area contributed by atoms with Gasteiger partial charge in [0.05, 0.1) is 6.54 Å². The van der Waals surface area contributed by atoms with Gasteiger partial charge in [0.15, 0.2) is 0 Å². The average Bonchev–Trinajstić information content (AvgIpc) is 3.33. The van der Waals surface area contributed by atoms with Gasteiger partial charge in [-0.1, -0.05) is 48.5 Å². The first-order valence-corrected chi connectivity index (χ1v) is 9.29. The van der Waals surface area contributed by atoms with Crippen molar-refractivity contribution < 1.29 is 18.3 Å². The minimum absolute atomic E-state index is 0.0676. The van der Waals surface area contributed by atoms with Crippen LogP contribution >= 0.6 is 0 Å². The number of amides is 1. The van der Waals surface area contributed by atoms with Crippen LogP contribution in [0.1, 0.15) is 23.5 Å². The summed E-state index contributed by atoms with van der Waals surface area (Å²) < 4.78 is 33.8. The molecule has 1 N–H and O–H groups in total. The summed E-state index contributed by atoms with van der Waals surface area (Å²) in [7, 11) is 0. The highest BCUT2D eigenvalue weighted by Gasteiger charge is 2.57. The maximum absolute atomic E-state index is 14.1. The molecule has 0 spiro atoms. The second kappa shape index (κ2) is 6.02. The lowest BCUT2D eigenvalue weighted by atomic mass is 9.98. The van der Waals surface area contributed by atoms with Crippen LogP contribution in [0, 0.1) is 0 Å². The van der Waals surface area contributed by atoms with Crippen molar-refractivity contribution in [1.82, 2.24) is 10.2 Å². The van der Waals surface area contributed by atoms with E-state index in [1.54, 1.807) is 0 Å². The fourth-order valence-electron chi connectivity index (χ4n) is 4.78. The van der Waals surface area contributed by atoms with E-state index in [4.69, 9.17) is 4.74 Å². The number of rotatable bonds is 2. The first kappa shape index (κ1) is 16.7. The molecule has 5 rings (SSSR count). The zero-order valence-corrected chi connectivity index (χ0v) is 14.7. The molecule has 2 saturated heterocycles. The fraction of sp³-hybridized carbons (Fsp3) is 0.381. The number of carbonyl (C=O) groups is 1. The summed E-state index contributed by atoms with van der Waals surface area (Å²) in [6.07, 6.45) is -0.113. The molecule has 3 aliphatic rings. The largest absolute Gasteiger partial charge is 0.448 e. The third kappa shape index (κ3) is 2.54. The Morgan fingerprint density at radius 1 is 1.11 bits per heavy atom. The molecule has 2 heterocycles. The number of likely N-dealkylation sites (tertiary alicyclic amines) is 1. The summed E-state index contributed by atoms with van der Waals surface area (Å²) in [6, 6.07) is 14.7. The molecule has 0 aromatic heterocycles. The van der Waals surface area contributed by atoms with Crippen LogP contribution in [0.4, 0.5) is 13.6 Å². The van der Waals surface area contributed by atoms with Crippen molar-refractivity contribution in [3.63, 3.8) is 0 Å². The van der Waals surface area contributed by atoms with Gasteiger partial charge in [0, 0.05) is 18.5 Å². The van der Waals surface area contributed by atoms with Gasteiger partial charge in [-0.05, 0) is 28.7 Å². The number of halogens is 2. The minimum Gasteiger partial charge on any atom is -0.448 e. The lowest BCUT2D eigenvalue weighted by Gasteiger charge is -2.28. The summed E-state index contributed by atoms with van der Waals surface area (Å²) in [6.45, 7) is 0.0732. The van der Waals surface area contributed by atoms with Crippen molar-refractivity contribution in [2.24, 2.45) is 0 Å². The van der Waals surface area contributed by atoms with E-state index in [2.05, 4.69) is 17.4 Å². The van der Waals surface area contributed by atoms with Crippen LogP contribution < -0.4 is 5.32 Å². The molecule has 2 aromatic carbocycles. The third-order valence-corrected chi connectivity index (χ3v) is 6.00. The van der Waals surface area contributed by atoms with Gasteiger partial charge in [-0.2, -0.15) is 0 Å². The number of carbonyl (C=O) groups excluding carboxylic acids is 1. The number of hydrogen-bond donors (Lipinski definition) is 1. The van der Waals surface area contributed by atoms with Crippen molar-refractivity contribution in [1.29, 1.82) is 0 Å². The van der Waals surface area contributed by atoms with E-state index in [-0.39, 0.29) is 25.1 Å². The van der Waals surface area contributed by atoms with Crippen LogP contribution in [0.5, 0.6) is 0 Å². The Morgan fingerprint density at radius 2 is 1.74 bits per heavy atom. The van der Waals surface area contributed by atoms with Crippen molar-refractivity contribution in [3.8, 4) is 11.1 Å². The summed E-state index contributed by atoms with van der Waals surface area (Å²) >= 11 is 0. The van der Waals surface area contributed by atoms with Crippen molar-refractivity contribution >= 4 is 6.09 Å². The Balaban J connectivity index is 1.35. The highest BCUT2D eigenvalue weighted by Crippen LogP contribution is 2.44. The van der Waals surface area contributed by atoms with Gasteiger partial charge in [0.2, 0.25) is 0 Å². The van der Waals surface area contributed by atoms with E-state index < -0.39 is 18.1 Å². The standard InChI is InChI=1S/C21H20F2N2O2/c22-21(23)12-24-18-9-10-25(19(18)21)20(26)27-11-17-15-7-3-1-5-13(15)14-6-2-4-8-16(14)17/h1-8,17-19,24H,9-12H2/t18-,19+/m0/s1.